The van der Waals surface area contributed by atoms with Crippen molar-refractivity contribution >= 4 is 0 Å². The topological polar surface area (TPSA) is 24.1 Å². The minimum Gasteiger partial charge on any atom is -0.317 e. The number of hydrogen-bond donors (Lipinski definition) is 2. The zero-order valence-electron chi connectivity index (χ0n) is 8.23. The SMILES string of the molecule is CCNCCCC1CCCCN1. The molecule has 0 radical (unpaired) electrons. The molecule has 1 heterocycles. The van der Waals surface area contributed by atoms with Crippen LogP contribution in [0.5, 0.6) is 0 Å². The number of rotatable bonds is 5. The van der Waals surface area contributed by atoms with Crippen LogP contribution in [0.1, 0.15) is 39.0 Å². The van der Waals surface area contributed by atoms with Crippen LogP contribution in [0.15, 0.2) is 0 Å². The van der Waals surface area contributed by atoms with Crippen LogP contribution in [0.3, 0.4) is 0 Å². The van der Waals surface area contributed by atoms with E-state index >= 15 is 0 Å². The minimum atomic E-state index is 0.817. The van der Waals surface area contributed by atoms with E-state index in [0.717, 1.165) is 12.6 Å². The highest BCUT2D eigenvalue weighted by molar-refractivity contribution is 4.71. The summed E-state index contributed by atoms with van der Waals surface area (Å²) in [7, 11) is 0. The van der Waals surface area contributed by atoms with Gasteiger partial charge < -0.3 is 10.6 Å². The van der Waals surface area contributed by atoms with Crippen LogP contribution in [0.25, 0.3) is 0 Å². The van der Waals surface area contributed by atoms with Gasteiger partial charge in [0.1, 0.15) is 0 Å². The third kappa shape index (κ3) is 4.07. The van der Waals surface area contributed by atoms with Gasteiger partial charge in [0.2, 0.25) is 0 Å². The van der Waals surface area contributed by atoms with E-state index in [0.29, 0.717) is 0 Å². The van der Waals surface area contributed by atoms with Crippen molar-refractivity contribution in [2.45, 2.75) is 45.1 Å². The van der Waals surface area contributed by atoms with Gasteiger partial charge in [-0.25, -0.2) is 0 Å². The van der Waals surface area contributed by atoms with Crippen LogP contribution >= 0.6 is 0 Å². The van der Waals surface area contributed by atoms with Gasteiger partial charge in [0.25, 0.3) is 0 Å². The van der Waals surface area contributed by atoms with Crippen LogP contribution in [0.4, 0.5) is 0 Å². The average molecular weight is 170 g/mol. The summed E-state index contributed by atoms with van der Waals surface area (Å²) in [6, 6.07) is 0.817. The molecule has 0 aromatic rings. The lowest BCUT2D eigenvalue weighted by Gasteiger charge is -2.23. The highest BCUT2D eigenvalue weighted by Gasteiger charge is 2.10. The van der Waals surface area contributed by atoms with Gasteiger partial charge in [-0.1, -0.05) is 13.3 Å². The number of hydrogen-bond acceptors (Lipinski definition) is 2. The minimum absolute atomic E-state index is 0.817. The summed E-state index contributed by atoms with van der Waals surface area (Å²) >= 11 is 0. The first-order chi connectivity index (χ1) is 5.93. The van der Waals surface area contributed by atoms with Crippen molar-refractivity contribution in [1.29, 1.82) is 0 Å². The van der Waals surface area contributed by atoms with Crippen molar-refractivity contribution in [1.82, 2.24) is 10.6 Å². The summed E-state index contributed by atoms with van der Waals surface area (Å²) in [4.78, 5) is 0. The van der Waals surface area contributed by atoms with Gasteiger partial charge >= 0.3 is 0 Å². The summed E-state index contributed by atoms with van der Waals surface area (Å²) < 4.78 is 0. The second-order valence-electron chi connectivity index (χ2n) is 3.64. The normalized spacial score (nSPS) is 24.2. The quantitative estimate of drug-likeness (QED) is 0.611. The van der Waals surface area contributed by atoms with Gasteiger partial charge in [0.05, 0.1) is 0 Å². The predicted octanol–water partition coefficient (Wildman–Crippen LogP) is 1.52. The van der Waals surface area contributed by atoms with Gasteiger partial charge in [-0.05, 0) is 45.3 Å². The second-order valence-corrected chi connectivity index (χ2v) is 3.64. The first kappa shape index (κ1) is 10.0. The fourth-order valence-corrected chi connectivity index (χ4v) is 1.82. The van der Waals surface area contributed by atoms with Gasteiger partial charge in [-0.2, -0.15) is 0 Å². The molecule has 72 valence electrons. The van der Waals surface area contributed by atoms with Crippen molar-refractivity contribution in [2.24, 2.45) is 0 Å². The second kappa shape index (κ2) is 6.44. The molecule has 0 aromatic carbocycles. The Morgan fingerprint density at radius 1 is 1.42 bits per heavy atom. The summed E-state index contributed by atoms with van der Waals surface area (Å²) in [6.07, 6.45) is 6.88. The van der Waals surface area contributed by atoms with Gasteiger partial charge in [-0.3, -0.25) is 0 Å². The molecule has 0 saturated carbocycles. The standard InChI is InChI=1S/C10H22N2/c1-2-11-8-5-7-10-6-3-4-9-12-10/h10-12H,2-9H2,1H3. The van der Waals surface area contributed by atoms with Crippen LogP contribution in [-0.4, -0.2) is 25.7 Å². The first-order valence-corrected chi connectivity index (χ1v) is 5.37. The summed E-state index contributed by atoms with van der Waals surface area (Å²) in [5.41, 5.74) is 0. The Hall–Kier alpha value is -0.0800. The Labute approximate surface area is 76.1 Å². The zero-order chi connectivity index (χ0) is 8.65. The number of nitrogens with one attached hydrogen (secondary N) is 2. The highest BCUT2D eigenvalue weighted by Crippen LogP contribution is 2.10. The molecule has 1 fully saturated rings. The van der Waals surface area contributed by atoms with Gasteiger partial charge in [0.15, 0.2) is 0 Å². The Kier molecular flexibility index (Phi) is 5.37. The monoisotopic (exact) mass is 170 g/mol. The van der Waals surface area contributed by atoms with Crippen molar-refractivity contribution < 1.29 is 0 Å². The molecule has 2 N–H and O–H groups in total. The fourth-order valence-electron chi connectivity index (χ4n) is 1.82. The molecule has 1 atom stereocenters. The summed E-state index contributed by atoms with van der Waals surface area (Å²) in [5.74, 6) is 0. The number of piperidine rings is 1. The molecule has 1 rings (SSSR count). The van der Waals surface area contributed by atoms with Crippen molar-refractivity contribution in [3.05, 3.63) is 0 Å². The predicted molar refractivity (Wildman–Crippen MR) is 53.4 cm³/mol. The van der Waals surface area contributed by atoms with E-state index in [-0.39, 0.29) is 0 Å². The Bertz CT molecular complexity index is 98.0. The molecular weight excluding hydrogens is 148 g/mol. The molecular formula is C10H22N2. The van der Waals surface area contributed by atoms with E-state index in [1.54, 1.807) is 0 Å². The van der Waals surface area contributed by atoms with E-state index in [4.69, 9.17) is 0 Å². The fraction of sp³-hybridized carbons (Fsp3) is 1.00. The average Bonchev–Trinajstić information content (AvgIpc) is 2.14. The zero-order valence-corrected chi connectivity index (χ0v) is 8.23. The molecule has 1 aliphatic rings. The molecule has 0 bridgehead atoms. The lowest BCUT2D eigenvalue weighted by atomic mass is 10.0. The Morgan fingerprint density at radius 3 is 3.00 bits per heavy atom. The molecule has 0 aromatic heterocycles. The van der Waals surface area contributed by atoms with Crippen molar-refractivity contribution in [3.8, 4) is 0 Å². The third-order valence-electron chi connectivity index (χ3n) is 2.57. The lowest BCUT2D eigenvalue weighted by molar-refractivity contribution is 0.373. The van der Waals surface area contributed by atoms with Crippen LogP contribution < -0.4 is 10.6 Å². The van der Waals surface area contributed by atoms with Crippen LogP contribution in [0, 0.1) is 0 Å². The van der Waals surface area contributed by atoms with Gasteiger partial charge in [-0.15, -0.1) is 0 Å². The van der Waals surface area contributed by atoms with Crippen molar-refractivity contribution in [3.63, 3.8) is 0 Å². The van der Waals surface area contributed by atoms with E-state index in [9.17, 15) is 0 Å². The molecule has 1 saturated heterocycles. The molecule has 0 amide bonds. The van der Waals surface area contributed by atoms with Crippen molar-refractivity contribution in [2.75, 3.05) is 19.6 Å². The van der Waals surface area contributed by atoms with Gasteiger partial charge in [0, 0.05) is 6.04 Å². The molecule has 1 aliphatic heterocycles. The lowest BCUT2D eigenvalue weighted by Crippen LogP contribution is -2.34. The largest absolute Gasteiger partial charge is 0.317 e. The molecule has 1 unspecified atom stereocenters. The van der Waals surface area contributed by atoms with E-state index in [2.05, 4.69) is 17.6 Å². The molecule has 12 heavy (non-hydrogen) atoms. The Morgan fingerprint density at radius 2 is 2.33 bits per heavy atom. The molecule has 2 nitrogen and oxygen atoms in total. The molecule has 0 spiro atoms. The first-order valence-electron chi connectivity index (χ1n) is 5.37. The maximum Gasteiger partial charge on any atom is 0.00675 e. The van der Waals surface area contributed by atoms with E-state index in [1.165, 1.54) is 45.2 Å². The smallest absolute Gasteiger partial charge is 0.00675 e. The molecule has 2 heteroatoms. The van der Waals surface area contributed by atoms with Crippen LogP contribution in [0.2, 0.25) is 0 Å². The van der Waals surface area contributed by atoms with E-state index in [1.807, 2.05) is 0 Å². The molecule has 0 aliphatic carbocycles. The highest BCUT2D eigenvalue weighted by atomic mass is 14.9. The summed E-state index contributed by atoms with van der Waals surface area (Å²) in [5, 5.41) is 6.93. The Balaban J connectivity index is 1.91. The maximum atomic E-state index is 3.57. The summed E-state index contributed by atoms with van der Waals surface area (Å²) in [6.45, 7) is 5.71. The maximum absolute atomic E-state index is 3.57. The van der Waals surface area contributed by atoms with Crippen LogP contribution in [-0.2, 0) is 0 Å². The van der Waals surface area contributed by atoms with E-state index < -0.39 is 0 Å². The third-order valence-corrected chi connectivity index (χ3v) is 2.57.